The van der Waals surface area contributed by atoms with Gasteiger partial charge in [-0.3, -0.25) is 20.2 Å². The van der Waals surface area contributed by atoms with Crippen molar-refractivity contribution < 1.29 is 9.72 Å². The smallest absolute Gasteiger partial charge is 0.282 e. The maximum atomic E-state index is 12.3. The number of carbonyl (C=O) groups is 1. The monoisotopic (exact) mass is 406 g/mol. The fraction of sp³-hybridized carbons (Fsp3) is 0.0625. The highest BCUT2D eigenvalue weighted by Gasteiger charge is 2.20. The fourth-order valence-electron chi connectivity index (χ4n) is 2.23. The van der Waals surface area contributed by atoms with Gasteiger partial charge in [0.15, 0.2) is 10.2 Å². The number of rotatable bonds is 3. The molecule has 0 saturated heterocycles. The molecule has 2 N–H and O–H groups in total. The Balaban J connectivity index is 1.75. The predicted octanol–water partition coefficient (Wildman–Crippen LogP) is 4.29. The Morgan fingerprint density at radius 3 is 2.81 bits per heavy atom. The van der Waals surface area contributed by atoms with Crippen LogP contribution in [0.3, 0.4) is 0 Å². The first kappa shape index (κ1) is 18.2. The van der Waals surface area contributed by atoms with Crippen LogP contribution in [0.5, 0.6) is 0 Å². The Kier molecular flexibility index (Phi) is 5.12. The number of benzene rings is 2. The van der Waals surface area contributed by atoms with Crippen molar-refractivity contribution in [2.75, 3.05) is 5.32 Å². The lowest BCUT2D eigenvalue weighted by molar-refractivity contribution is -0.385. The summed E-state index contributed by atoms with van der Waals surface area (Å²) in [4.78, 5) is 27.0. The summed E-state index contributed by atoms with van der Waals surface area (Å²) in [7, 11) is 0. The van der Waals surface area contributed by atoms with Crippen LogP contribution < -0.4 is 10.6 Å². The van der Waals surface area contributed by atoms with E-state index in [4.69, 9.17) is 23.8 Å². The lowest BCUT2D eigenvalue weighted by Crippen LogP contribution is -2.34. The molecule has 1 heterocycles. The topological polar surface area (TPSA) is 97.2 Å². The number of halogens is 1. The zero-order valence-electron chi connectivity index (χ0n) is 13.3. The van der Waals surface area contributed by atoms with E-state index in [1.54, 1.807) is 6.07 Å². The van der Waals surface area contributed by atoms with Gasteiger partial charge in [-0.05, 0) is 42.9 Å². The molecule has 3 aromatic rings. The summed E-state index contributed by atoms with van der Waals surface area (Å²) in [6.07, 6.45) is 0. The number of aromatic nitrogens is 1. The SMILES string of the molecule is Cc1cc2sc(NC(=S)NC(=O)c3ccccc3[N+](=O)[O-])nc2cc1Cl. The van der Waals surface area contributed by atoms with Crippen molar-refractivity contribution in [1.82, 2.24) is 10.3 Å². The summed E-state index contributed by atoms with van der Waals surface area (Å²) >= 11 is 12.5. The molecule has 0 aliphatic carbocycles. The van der Waals surface area contributed by atoms with E-state index in [0.717, 1.165) is 10.3 Å². The molecule has 0 bridgehead atoms. The molecule has 0 aliphatic heterocycles. The van der Waals surface area contributed by atoms with Gasteiger partial charge in [-0.25, -0.2) is 4.98 Å². The number of hydrogen-bond donors (Lipinski definition) is 2. The zero-order valence-corrected chi connectivity index (χ0v) is 15.7. The van der Waals surface area contributed by atoms with Crippen LogP contribution in [0.2, 0.25) is 5.02 Å². The van der Waals surface area contributed by atoms with Crippen LogP contribution in [-0.2, 0) is 0 Å². The number of amides is 1. The Bertz CT molecular complexity index is 1010. The normalized spacial score (nSPS) is 10.5. The molecule has 26 heavy (non-hydrogen) atoms. The molecule has 10 heteroatoms. The van der Waals surface area contributed by atoms with Gasteiger partial charge in [0, 0.05) is 11.1 Å². The van der Waals surface area contributed by atoms with Gasteiger partial charge in [0.25, 0.3) is 11.6 Å². The molecule has 0 unspecified atom stereocenters. The number of anilines is 1. The van der Waals surface area contributed by atoms with Gasteiger partial charge < -0.3 is 5.32 Å². The molecular weight excluding hydrogens is 396 g/mol. The van der Waals surface area contributed by atoms with E-state index in [2.05, 4.69) is 15.6 Å². The number of hydrogen-bond acceptors (Lipinski definition) is 6. The quantitative estimate of drug-likeness (QED) is 0.382. The third-order valence-electron chi connectivity index (χ3n) is 3.46. The number of para-hydroxylation sites is 1. The van der Waals surface area contributed by atoms with Crippen molar-refractivity contribution in [3.63, 3.8) is 0 Å². The highest BCUT2D eigenvalue weighted by Crippen LogP contribution is 2.30. The van der Waals surface area contributed by atoms with Gasteiger partial charge in [-0.1, -0.05) is 35.1 Å². The zero-order chi connectivity index (χ0) is 18.8. The van der Waals surface area contributed by atoms with Crippen LogP contribution in [0.25, 0.3) is 10.2 Å². The Morgan fingerprint density at radius 1 is 1.35 bits per heavy atom. The molecule has 0 radical (unpaired) electrons. The van der Waals surface area contributed by atoms with Crippen LogP contribution >= 0.6 is 35.2 Å². The van der Waals surface area contributed by atoms with Gasteiger partial charge in [0.05, 0.1) is 15.1 Å². The molecule has 0 spiro atoms. The second-order valence-electron chi connectivity index (χ2n) is 5.27. The number of thiocarbonyl (C=S) groups is 1. The Morgan fingerprint density at radius 2 is 2.08 bits per heavy atom. The van der Waals surface area contributed by atoms with Crippen molar-refractivity contribution in [3.8, 4) is 0 Å². The first-order valence-corrected chi connectivity index (χ1v) is 8.88. The molecule has 0 atom stereocenters. The minimum Gasteiger partial charge on any atom is -0.308 e. The van der Waals surface area contributed by atoms with Crippen molar-refractivity contribution in [1.29, 1.82) is 0 Å². The van der Waals surface area contributed by atoms with Crippen LogP contribution in [-0.4, -0.2) is 20.9 Å². The molecule has 3 rings (SSSR count). The lowest BCUT2D eigenvalue weighted by atomic mass is 10.1. The summed E-state index contributed by atoms with van der Waals surface area (Å²) in [6, 6.07) is 9.31. The molecule has 0 fully saturated rings. The molecule has 1 amide bonds. The maximum Gasteiger partial charge on any atom is 0.282 e. The van der Waals surface area contributed by atoms with Gasteiger partial charge >= 0.3 is 0 Å². The molecule has 1 aromatic heterocycles. The maximum absolute atomic E-state index is 12.3. The van der Waals surface area contributed by atoms with Crippen molar-refractivity contribution in [2.45, 2.75) is 6.92 Å². The second-order valence-corrected chi connectivity index (χ2v) is 7.12. The molecule has 0 saturated carbocycles. The first-order valence-electron chi connectivity index (χ1n) is 7.27. The predicted molar refractivity (Wildman–Crippen MR) is 106 cm³/mol. The molecule has 2 aromatic carbocycles. The average molecular weight is 407 g/mol. The van der Waals surface area contributed by atoms with E-state index >= 15 is 0 Å². The first-order chi connectivity index (χ1) is 12.3. The number of nitrogens with zero attached hydrogens (tertiary/aromatic N) is 2. The Hall–Kier alpha value is -2.62. The molecule has 132 valence electrons. The highest BCUT2D eigenvalue weighted by atomic mass is 35.5. The largest absolute Gasteiger partial charge is 0.308 e. The molecular formula is C16H11ClN4O3S2. The van der Waals surface area contributed by atoms with E-state index in [-0.39, 0.29) is 16.4 Å². The number of nitro benzene ring substituents is 1. The minimum atomic E-state index is -0.671. The van der Waals surface area contributed by atoms with E-state index in [0.29, 0.717) is 15.7 Å². The van der Waals surface area contributed by atoms with Crippen molar-refractivity contribution in [2.24, 2.45) is 0 Å². The van der Waals surface area contributed by atoms with Crippen LogP contribution in [0, 0.1) is 17.0 Å². The summed E-state index contributed by atoms with van der Waals surface area (Å²) < 4.78 is 0.919. The lowest BCUT2D eigenvalue weighted by Gasteiger charge is -2.07. The van der Waals surface area contributed by atoms with Gasteiger partial charge in [-0.2, -0.15) is 0 Å². The minimum absolute atomic E-state index is 0.00461. The van der Waals surface area contributed by atoms with Crippen LogP contribution in [0.1, 0.15) is 15.9 Å². The number of fused-ring (bicyclic) bond motifs is 1. The van der Waals surface area contributed by atoms with Crippen LogP contribution in [0.15, 0.2) is 36.4 Å². The second kappa shape index (κ2) is 7.32. The van der Waals surface area contributed by atoms with E-state index in [9.17, 15) is 14.9 Å². The summed E-state index contributed by atoms with van der Waals surface area (Å²) in [6.45, 7) is 1.90. The van der Waals surface area contributed by atoms with Gasteiger partial charge in [0.2, 0.25) is 0 Å². The third kappa shape index (κ3) is 3.79. The number of thiazole rings is 1. The standard InChI is InChI=1S/C16H11ClN4O3S2/c1-8-6-13-11(7-10(8)17)18-16(26-13)20-15(25)19-14(22)9-4-2-3-5-12(9)21(23)24/h2-7H,1H3,(H2,18,19,20,22,25). The third-order valence-corrected chi connectivity index (χ3v) is 5.01. The Labute approximate surface area is 162 Å². The summed E-state index contributed by atoms with van der Waals surface area (Å²) in [5.41, 5.74) is 1.27. The number of nitrogens with one attached hydrogen (secondary N) is 2. The molecule has 0 aliphatic rings. The highest BCUT2D eigenvalue weighted by molar-refractivity contribution is 7.80. The van der Waals surface area contributed by atoms with E-state index in [1.165, 1.54) is 35.6 Å². The molecule has 7 nitrogen and oxygen atoms in total. The van der Waals surface area contributed by atoms with Gasteiger partial charge in [-0.15, -0.1) is 0 Å². The van der Waals surface area contributed by atoms with Crippen molar-refractivity contribution in [3.05, 3.63) is 62.7 Å². The van der Waals surface area contributed by atoms with Crippen molar-refractivity contribution >= 4 is 67.2 Å². The summed E-state index contributed by atoms with van der Waals surface area (Å²) in [5.74, 6) is -0.671. The number of aryl methyl sites for hydroxylation is 1. The number of carbonyl (C=O) groups excluding carboxylic acids is 1. The fourth-order valence-corrected chi connectivity index (χ4v) is 3.59. The average Bonchev–Trinajstić information content (AvgIpc) is 2.95. The van der Waals surface area contributed by atoms with Gasteiger partial charge in [0.1, 0.15) is 5.56 Å². The van der Waals surface area contributed by atoms with Crippen LogP contribution in [0.4, 0.5) is 10.8 Å². The van der Waals surface area contributed by atoms with E-state index < -0.39 is 10.8 Å². The van der Waals surface area contributed by atoms with E-state index in [1.807, 2.05) is 13.0 Å². The summed E-state index contributed by atoms with van der Waals surface area (Å²) in [5, 5.41) is 17.3. The number of nitro groups is 1.